The highest BCUT2D eigenvalue weighted by molar-refractivity contribution is 5.79. The predicted octanol–water partition coefficient (Wildman–Crippen LogP) is 4.13. The van der Waals surface area contributed by atoms with E-state index in [1.165, 1.54) is 24.3 Å². The van der Waals surface area contributed by atoms with Gasteiger partial charge in [-0.25, -0.2) is 9.18 Å². The van der Waals surface area contributed by atoms with E-state index in [2.05, 4.69) is 4.74 Å². The number of halogens is 9. The molecule has 0 spiro atoms. The van der Waals surface area contributed by atoms with Gasteiger partial charge in [0.05, 0.1) is 0 Å². The van der Waals surface area contributed by atoms with Gasteiger partial charge in [-0.15, -0.1) is 0 Å². The second-order valence-corrected chi connectivity index (χ2v) is 6.61. The van der Waals surface area contributed by atoms with Gasteiger partial charge in [0.2, 0.25) is 0 Å². The highest BCUT2D eigenvalue weighted by atomic mass is 19.4. The highest BCUT2D eigenvalue weighted by Crippen LogP contribution is 2.70. The van der Waals surface area contributed by atoms with Crippen LogP contribution in [0.5, 0.6) is 0 Å². The predicted molar refractivity (Wildman–Crippen MR) is 75.1 cm³/mol. The van der Waals surface area contributed by atoms with Gasteiger partial charge in [-0.1, -0.05) is 30.3 Å². The first-order valence-electron chi connectivity index (χ1n) is 7.59. The summed E-state index contributed by atoms with van der Waals surface area (Å²) in [5.74, 6) is -28.7. The number of esters is 1. The van der Waals surface area contributed by atoms with Gasteiger partial charge in [-0.3, -0.25) is 0 Å². The third-order valence-electron chi connectivity index (χ3n) is 4.42. The number of hydrogen-bond donors (Lipinski definition) is 1. The number of ether oxygens (including phenoxy) is 1. The molecular formula is C16H13F9O3. The number of benzene rings is 1. The standard InChI is InChI=1S/C16H13F9O3/c1-11(27,10(26)28-7-9-5-3-2-4-6-9)8-12(17)13(18,19)15(22,23)16(24,25)14(12,20)21/h2-6,27H,7-8H2,1H3. The smallest absolute Gasteiger partial charge is 0.381 e. The molecule has 12 heteroatoms. The summed E-state index contributed by atoms with van der Waals surface area (Å²) in [5.41, 5.74) is -9.20. The maximum atomic E-state index is 14.5. The fourth-order valence-electron chi connectivity index (χ4n) is 2.74. The molecule has 0 aromatic heterocycles. The molecule has 1 fully saturated rings. The molecule has 0 saturated heterocycles. The first kappa shape index (κ1) is 22.3. The van der Waals surface area contributed by atoms with E-state index in [-0.39, 0.29) is 12.5 Å². The molecule has 1 aliphatic carbocycles. The molecular weight excluding hydrogens is 411 g/mol. The third-order valence-corrected chi connectivity index (χ3v) is 4.42. The molecule has 1 N–H and O–H groups in total. The molecule has 28 heavy (non-hydrogen) atoms. The normalized spacial score (nSPS) is 25.7. The van der Waals surface area contributed by atoms with E-state index in [9.17, 15) is 49.4 Å². The number of carbonyl (C=O) groups is 1. The molecule has 0 heterocycles. The summed E-state index contributed by atoms with van der Waals surface area (Å²) >= 11 is 0. The van der Waals surface area contributed by atoms with Crippen molar-refractivity contribution in [2.45, 2.75) is 54.9 Å². The van der Waals surface area contributed by atoms with Crippen LogP contribution in [0.3, 0.4) is 0 Å². The summed E-state index contributed by atoms with van der Waals surface area (Å²) in [4.78, 5) is 11.8. The largest absolute Gasteiger partial charge is 0.459 e. The van der Waals surface area contributed by atoms with Gasteiger partial charge >= 0.3 is 29.7 Å². The SMILES string of the molecule is CC(O)(CC1(F)C(F)(F)C(F)(F)C(F)(F)C1(F)F)C(=O)OCc1ccccc1. The van der Waals surface area contributed by atoms with Crippen LogP contribution >= 0.6 is 0 Å². The first-order chi connectivity index (χ1) is 12.5. The first-order valence-corrected chi connectivity index (χ1v) is 7.59. The molecule has 1 aromatic carbocycles. The lowest BCUT2D eigenvalue weighted by molar-refractivity contribution is -0.303. The summed E-state index contributed by atoms with van der Waals surface area (Å²) < 4.78 is 126. The molecule has 1 aromatic rings. The van der Waals surface area contributed by atoms with Crippen molar-refractivity contribution in [2.75, 3.05) is 0 Å². The molecule has 158 valence electrons. The molecule has 2 rings (SSSR count). The molecule has 3 nitrogen and oxygen atoms in total. The third kappa shape index (κ3) is 2.75. The Balaban J connectivity index is 2.31. The number of alkyl halides is 9. The molecule has 0 amide bonds. The number of aliphatic hydroxyl groups is 1. The van der Waals surface area contributed by atoms with E-state index in [0.29, 0.717) is 0 Å². The van der Waals surface area contributed by atoms with Crippen LogP contribution in [0.4, 0.5) is 39.5 Å². The lowest BCUT2D eigenvalue weighted by atomic mass is 9.84. The average molecular weight is 424 g/mol. The topological polar surface area (TPSA) is 46.5 Å². The quantitative estimate of drug-likeness (QED) is 0.571. The highest BCUT2D eigenvalue weighted by Gasteiger charge is 3.00. The molecule has 0 radical (unpaired) electrons. The summed E-state index contributed by atoms with van der Waals surface area (Å²) in [6, 6.07) is 7.35. The molecule has 0 aliphatic heterocycles. The van der Waals surface area contributed by atoms with Gasteiger partial charge in [0.1, 0.15) is 6.61 Å². The van der Waals surface area contributed by atoms with E-state index >= 15 is 0 Å². The van der Waals surface area contributed by atoms with E-state index in [1.54, 1.807) is 6.07 Å². The summed E-state index contributed by atoms with van der Waals surface area (Å²) in [7, 11) is 0. The van der Waals surface area contributed by atoms with Crippen molar-refractivity contribution in [1.82, 2.24) is 0 Å². The fraction of sp³-hybridized carbons (Fsp3) is 0.562. The van der Waals surface area contributed by atoms with Crippen LogP contribution in [0, 0.1) is 0 Å². The zero-order valence-corrected chi connectivity index (χ0v) is 14.0. The second kappa shape index (κ2) is 6.26. The molecule has 1 unspecified atom stereocenters. The average Bonchev–Trinajstić information content (AvgIpc) is 2.63. The van der Waals surface area contributed by atoms with Crippen molar-refractivity contribution in [1.29, 1.82) is 0 Å². The lowest BCUT2D eigenvalue weighted by Crippen LogP contribution is -2.59. The summed E-state index contributed by atoms with van der Waals surface area (Å²) in [6.45, 7) is -0.406. The Morgan fingerprint density at radius 2 is 1.32 bits per heavy atom. The molecule has 0 bridgehead atoms. The van der Waals surface area contributed by atoms with Crippen LogP contribution < -0.4 is 0 Å². The van der Waals surface area contributed by atoms with Crippen molar-refractivity contribution in [3.05, 3.63) is 35.9 Å². The number of hydrogen-bond acceptors (Lipinski definition) is 3. The van der Waals surface area contributed by atoms with Crippen LogP contribution in [0.15, 0.2) is 30.3 Å². The lowest BCUT2D eigenvalue weighted by Gasteiger charge is -2.35. The van der Waals surface area contributed by atoms with E-state index in [4.69, 9.17) is 0 Å². The van der Waals surface area contributed by atoms with Gasteiger partial charge in [0, 0.05) is 6.42 Å². The minimum absolute atomic E-state index is 0.211. The van der Waals surface area contributed by atoms with Gasteiger partial charge in [0.25, 0.3) is 5.67 Å². The van der Waals surface area contributed by atoms with Crippen molar-refractivity contribution < 1.29 is 54.2 Å². The summed E-state index contributed by atoms with van der Waals surface area (Å²) in [5, 5.41) is 9.82. The molecule has 1 aliphatic rings. The van der Waals surface area contributed by atoms with Gasteiger partial charge in [0.15, 0.2) is 5.60 Å². The summed E-state index contributed by atoms with van der Waals surface area (Å²) in [6.07, 6.45) is -2.77. The Labute approximate surface area is 152 Å². The van der Waals surface area contributed by atoms with Crippen LogP contribution in [0.25, 0.3) is 0 Å². The molecule has 1 saturated carbocycles. The maximum absolute atomic E-state index is 14.5. The Kier molecular flexibility index (Phi) is 4.99. The number of carbonyl (C=O) groups excluding carboxylic acids is 1. The fourth-order valence-corrected chi connectivity index (χ4v) is 2.74. The zero-order valence-electron chi connectivity index (χ0n) is 14.0. The Morgan fingerprint density at radius 3 is 1.75 bits per heavy atom. The van der Waals surface area contributed by atoms with Gasteiger partial charge < -0.3 is 9.84 Å². The Morgan fingerprint density at radius 1 is 0.893 bits per heavy atom. The van der Waals surface area contributed by atoms with Gasteiger partial charge in [-0.05, 0) is 12.5 Å². The minimum Gasteiger partial charge on any atom is -0.459 e. The van der Waals surface area contributed by atoms with Gasteiger partial charge in [-0.2, -0.15) is 35.1 Å². The van der Waals surface area contributed by atoms with E-state index in [0.717, 1.165) is 0 Å². The van der Waals surface area contributed by atoms with Crippen molar-refractivity contribution in [3.8, 4) is 0 Å². The Hall–Kier alpha value is -1.98. The second-order valence-electron chi connectivity index (χ2n) is 6.61. The van der Waals surface area contributed by atoms with Crippen molar-refractivity contribution >= 4 is 5.97 Å². The minimum atomic E-state index is -6.78. The van der Waals surface area contributed by atoms with Crippen LogP contribution in [0.2, 0.25) is 0 Å². The monoisotopic (exact) mass is 424 g/mol. The maximum Gasteiger partial charge on any atom is 0.381 e. The zero-order chi connectivity index (χ0) is 21.8. The van der Waals surface area contributed by atoms with E-state index < -0.39 is 54.0 Å². The van der Waals surface area contributed by atoms with Crippen LogP contribution in [-0.2, 0) is 16.1 Å². The van der Waals surface area contributed by atoms with Crippen LogP contribution in [-0.4, -0.2) is 46.0 Å². The van der Waals surface area contributed by atoms with Crippen LogP contribution in [0.1, 0.15) is 18.9 Å². The Bertz CT molecular complexity index is 721. The number of rotatable bonds is 5. The van der Waals surface area contributed by atoms with Crippen molar-refractivity contribution in [3.63, 3.8) is 0 Å². The van der Waals surface area contributed by atoms with E-state index in [1.807, 2.05) is 0 Å². The molecule has 1 atom stereocenters. The van der Waals surface area contributed by atoms with Crippen molar-refractivity contribution in [2.24, 2.45) is 0 Å².